The molecule has 98 valence electrons. The lowest BCUT2D eigenvalue weighted by molar-refractivity contribution is 0.0692. The standard InChI is InChI=1S/C14H12FNO3/c1-8-5-6-16-13(12(8)14(17)18)19-10-3-4-11(15)9(2)7-10/h3-7H,1-2H3,(H,17,18). The van der Waals surface area contributed by atoms with Crippen LogP contribution in [0.15, 0.2) is 30.5 Å². The smallest absolute Gasteiger partial charge is 0.341 e. The second-order valence-corrected chi connectivity index (χ2v) is 4.13. The number of hydrogen-bond donors (Lipinski definition) is 1. The summed E-state index contributed by atoms with van der Waals surface area (Å²) in [5.41, 5.74) is 0.975. The van der Waals surface area contributed by atoms with E-state index in [9.17, 15) is 9.18 Å². The maximum absolute atomic E-state index is 13.1. The lowest BCUT2D eigenvalue weighted by Gasteiger charge is -2.10. The van der Waals surface area contributed by atoms with Crippen LogP contribution >= 0.6 is 0 Å². The first-order valence-corrected chi connectivity index (χ1v) is 5.62. The number of hydrogen-bond acceptors (Lipinski definition) is 3. The van der Waals surface area contributed by atoms with Gasteiger partial charge >= 0.3 is 5.97 Å². The van der Waals surface area contributed by atoms with E-state index in [4.69, 9.17) is 9.84 Å². The van der Waals surface area contributed by atoms with Gasteiger partial charge in [0.25, 0.3) is 0 Å². The van der Waals surface area contributed by atoms with Gasteiger partial charge < -0.3 is 9.84 Å². The van der Waals surface area contributed by atoms with Crippen molar-refractivity contribution in [1.82, 2.24) is 4.98 Å². The third-order valence-electron chi connectivity index (χ3n) is 2.68. The molecule has 0 spiro atoms. The number of aromatic carboxylic acids is 1. The van der Waals surface area contributed by atoms with Gasteiger partial charge in [0.15, 0.2) is 0 Å². The van der Waals surface area contributed by atoms with Crippen molar-refractivity contribution in [3.8, 4) is 11.6 Å². The zero-order chi connectivity index (χ0) is 14.0. The summed E-state index contributed by atoms with van der Waals surface area (Å²) in [5.74, 6) is -1.11. The molecule has 0 saturated heterocycles. The van der Waals surface area contributed by atoms with Gasteiger partial charge in [-0.05, 0) is 49.2 Å². The number of carboxylic acids is 1. The van der Waals surface area contributed by atoms with Crippen LogP contribution in [0.2, 0.25) is 0 Å². The molecule has 0 aliphatic carbocycles. The van der Waals surface area contributed by atoms with E-state index in [0.717, 1.165) is 0 Å². The minimum absolute atomic E-state index is 0.00138. The molecule has 4 nitrogen and oxygen atoms in total. The quantitative estimate of drug-likeness (QED) is 0.920. The molecule has 0 bridgehead atoms. The Hall–Kier alpha value is -2.43. The molecule has 0 saturated carbocycles. The topological polar surface area (TPSA) is 59.4 Å². The largest absolute Gasteiger partial charge is 0.477 e. The highest BCUT2D eigenvalue weighted by atomic mass is 19.1. The highest BCUT2D eigenvalue weighted by Crippen LogP contribution is 2.26. The molecule has 0 aliphatic rings. The highest BCUT2D eigenvalue weighted by molar-refractivity contribution is 5.91. The predicted octanol–water partition coefficient (Wildman–Crippen LogP) is 3.33. The molecular weight excluding hydrogens is 249 g/mol. The molecule has 0 fully saturated rings. The monoisotopic (exact) mass is 261 g/mol. The van der Waals surface area contributed by atoms with Crippen molar-refractivity contribution in [3.05, 3.63) is 53.0 Å². The Morgan fingerprint density at radius 2 is 2.00 bits per heavy atom. The van der Waals surface area contributed by atoms with E-state index in [-0.39, 0.29) is 17.3 Å². The molecule has 2 aromatic rings. The maximum atomic E-state index is 13.1. The van der Waals surface area contributed by atoms with Crippen molar-refractivity contribution in [1.29, 1.82) is 0 Å². The van der Waals surface area contributed by atoms with E-state index in [1.165, 1.54) is 24.4 Å². The summed E-state index contributed by atoms with van der Waals surface area (Å²) in [6.07, 6.45) is 1.47. The summed E-state index contributed by atoms with van der Waals surface area (Å²) in [6, 6.07) is 5.77. The predicted molar refractivity (Wildman–Crippen MR) is 67.1 cm³/mol. The Kier molecular flexibility index (Phi) is 3.46. The molecule has 0 unspecified atom stereocenters. The van der Waals surface area contributed by atoms with Crippen molar-refractivity contribution in [2.24, 2.45) is 0 Å². The van der Waals surface area contributed by atoms with E-state index < -0.39 is 5.97 Å². The number of benzene rings is 1. The number of carboxylic acid groups (broad SMARTS) is 1. The van der Waals surface area contributed by atoms with Crippen molar-refractivity contribution in [2.45, 2.75) is 13.8 Å². The lowest BCUT2D eigenvalue weighted by atomic mass is 10.1. The zero-order valence-corrected chi connectivity index (χ0v) is 10.5. The molecule has 1 aromatic carbocycles. The van der Waals surface area contributed by atoms with Gasteiger partial charge in [-0.25, -0.2) is 14.2 Å². The summed E-state index contributed by atoms with van der Waals surface area (Å²) in [7, 11) is 0. The van der Waals surface area contributed by atoms with Crippen LogP contribution < -0.4 is 4.74 Å². The van der Waals surface area contributed by atoms with Crippen molar-refractivity contribution >= 4 is 5.97 Å². The van der Waals surface area contributed by atoms with Gasteiger partial charge in [-0.1, -0.05) is 0 Å². The third kappa shape index (κ3) is 2.70. The van der Waals surface area contributed by atoms with Gasteiger partial charge in [0.1, 0.15) is 17.1 Å². The van der Waals surface area contributed by atoms with Gasteiger partial charge in [-0.2, -0.15) is 0 Å². The molecule has 19 heavy (non-hydrogen) atoms. The van der Waals surface area contributed by atoms with Crippen molar-refractivity contribution in [3.63, 3.8) is 0 Å². The van der Waals surface area contributed by atoms with Crippen LogP contribution in [-0.2, 0) is 0 Å². The zero-order valence-electron chi connectivity index (χ0n) is 10.5. The molecule has 0 atom stereocenters. The first kappa shape index (κ1) is 13.0. The summed E-state index contributed by atoms with van der Waals surface area (Å²) < 4.78 is 18.6. The summed E-state index contributed by atoms with van der Waals surface area (Å²) in [5, 5.41) is 9.14. The summed E-state index contributed by atoms with van der Waals surface area (Å²) >= 11 is 0. The second-order valence-electron chi connectivity index (χ2n) is 4.13. The number of ether oxygens (including phenoxy) is 1. The average Bonchev–Trinajstić information content (AvgIpc) is 2.33. The highest BCUT2D eigenvalue weighted by Gasteiger charge is 2.16. The molecule has 5 heteroatoms. The first-order chi connectivity index (χ1) is 8.99. The van der Waals surface area contributed by atoms with Crippen LogP contribution in [0.25, 0.3) is 0 Å². The SMILES string of the molecule is Cc1cc(Oc2nccc(C)c2C(=O)O)ccc1F. The average molecular weight is 261 g/mol. The number of pyridine rings is 1. The van der Waals surface area contributed by atoms with Crippen LogP contribution in [0.1, 0.15) is 21.5 Å². The number of halogens is 1. The molecule has 0 radical (unpaired) electrons. The molecule has 1 N–H and O–H groups in total. The van der Waals surface area contributed by atoms with E-state index in [1.54, 1.807) is 19.9 Å². The maximum Gasteiger partial charge on any atom is 0.341 e. The van der Waals surface area contributed by atoms with Gasteiger partial charge in [-0.15, -0.1) is 0 Å². The first-order valence-electron chi connectivity index (χ1n) is 5.62. The van der Waals surface area contributed by atoms with Gasteiger partial charge in [0.05, 0.1) is 0 Å². The molecule has 2 rings (SSSR count). The Labute approximate surface area is 109 Å². The number of aryl methyl sites for hydroxylation is 2. The lowest BCUT2D eigenvalue weighted by Crippen LogP contribution is -2.04. The minimum Gasteiger partial charge on any atom is -0.477 e. The Balaban J connectivity index is 2.40. The van der Waals surface area contributed by atoms with Gasteiger partial charge in [0, 0.05) is 6.20 Å². The number of rotatable bonds is 3. The van der Waals surface area contributed by atoms with Crippen LogP contribution in [-0.4, -0.2) is 16.1 Å². The molecule has 0 aliphatic heterocycles. The normalized spacial score (nSPS) is 10.3. The Morgan fingerprint density at radius 3 is 2.63 bits per heavy atom. The number of nitrogens with zero attached hydrogens (tertiary/aromatic N) is 1. The molecule has 1 heterocycles. The Bertz CT molecular complexity index is 641. The molecule has 1 aromatic heterocycles. The van der Waals surface area contributed by atoms with Crippen LogP contribution in [0.5, 0.6) is 11.6 Å². The van der Waals surface area contributed by atoms with Crippen LogP contribution in [0.3, 0.4) is 0 Å². The van der Waals surface area contributed by atoms with Crippen molar-refractivity contribution < 1.29 is 19.0 Å². The minimum atomic E-state index is -1.11. The fourth-order valence-electron chi connectivity index (χ4n) is 1.66. The fourth-order valence-corrected chi connectivity index (χ4v) is 1.66. The summed E-state index contributed by atoms with van der Waals surface area (Å²) in [6.45, 7) is 3.26. The van der Waals surface area contributed by atoms with Crippen molar-refractivity contribution in [2.75, 3.05) is 0 Å². The number of aromatic nitrogens is 1. The number of carbonyl (C=O) groups is 1. The molecular formula is C14H12FNO3. The van der Waals surface area contributed by atoms with E-state index in [1.807, 2.05) is 0 Å². The van der Waals surface area contributed by atoms with E-state index in [0.29, 0.717) is 16.9 Å². The van der Waals surface area contributed by atoms with Crippen LogP contribution in [0.4, 0.5) is 4.39 Å². The van der Waals surface area contributed by atoms with E-state index in [2.05, 4.69) is 4.98 Å². The summed E-state index contributed by atoms with van der Waals surface area (Å²) in [4.78, 5) is 15.1. The van der Waals surface area contributed by atoms with E-state index >= 15 is 0 Å². The van der Waals surface area contributed by atoms with Crippen LogP contribution in [0, 0.1) is 19.7 Å². The Morgan fingerprint density at radius 1 is 1.26 bits per heavy atom. The van der Waals surface area contributed by atoms with Gasteiger partial charge in [-0.3, -0.25) is 0 Å². The third-order valence-corrected chi connectivity index (χ3v) is 2.68. The second kappa shape index (κ2) is 5.06. The van der Waals surface area contributed by atoms with Gasteiger partial charge in [0.2, 0.25) is 5.88 Å². The molecule has 0 amide bonds. The fraction of sp³-hybridized carbons (Fsp3) is 0.143.